The summed E-state index contributed by atoms with van der Waals surface area (Å²) in [7, 11) is 1.85. The van der Waals surface area contributed by atoms with Gasteiger partial charge in [-0.25, -0.2) is 0 Å². The average Bonchev–Trinajstić information content (AvgIpc) is 2.61. The van der Waals surface area contributed by atoms with Crippen LogP contribution in [0.15, 0.2) is 48.7 Å². The minimum Gasteiger partial charge on any atom is -0.369 e. The minimum absolute atomic E-state index is 0.0765. The molecule has 0 aliphatic carbocycles. The molecule has 5 heteroatoms. The monoisotopic (exact) mass is 329 g/mol. The van der Waals surface area contributed by atoms with Crippen molar-refractivity contribution < 1.29 is 4.79 Å². The summed E-state index contributed by atoms with van der Waals surface area (Å²) in [6.07, 6.45) is 3.65. The number of piperidine rings is 1. The fourth-order valence-corrected chi connectivity index (χ4v) is 3.17. The van der Waals surface area contributed by atoms with Crippen molar-refractivity contribution in [2.45, 2.75) is 18.9 Å². The molecule has 0 N–H and O–H groups in total. The number of carbonyl (C=O) groups excluding carboxylic acids is 1. The number of para-hydroxylation sites is 1. The number of benzene rings is 1. The Bertz CT molecular complexity index is 677. The van der Waals surface area contributed by atoms with E-state index in [2.05, 4.69) is 22.0 Å². The lowest BCUT2D eigenvalue weighted by atomic mass is 10.0. The molecule has 1 aliphatic heterocycles. The highest BCUT2D eigenvalue weighted by Gasteiger charge is 2.27. The molecule has 2 heterocycles. The fourth-order valence-electron chi connectivity index (χ4n) is 3.01. The number of hydrogen-bond acceptors (Lipinski definition) is 3. The van der Waals surface area contributed by atoms with Crippen molar-refractivity contribution in [3.8, 4) is 0 Å². The molecule has 0 unspecified atom stereocenters. The van der Waals surface area contributed by atoms with Gasteiger partial charge in [0.15, 0.2) is 0 Å². The molecule has 3 rings (SSSR count). The summed E-state index contributed by atoms with van der Waals surface area (Å²) in [4.78, 5) is 20.9. The maximum absolute atomic E-state index is 12.6. The summed E-state index contributed by atoms with van der Waals surface area (Å²) in [5, 5.41) is 0.534. The second-order valence-corrected chi connectivity index (χ2v) is 6.29. The largest absolute Gasteiger partial charge is 0.369 e. The number of nitrogens with zero attached hydrogens (tertiary/aromatic N) is 3. The molecule has 1 saturated heterocycles. The van der Waals surface area contributed by atoms with Gasteiger partial charge >= 0.3 is 0 Å². The molecule has 0 saturated carbocycles. The Balaban J connectivity index is 1.72. The summed E-state index contributed by atoms with van der Waals surface area (Å²) in [5.74, 6) is -0.0765. The lowest BCUT2D eigenvalue weighted by Crippen LogP contribution is -2.48. The molecular weight excluding hydrogens is 310 g/mol. The van der Waals surface area contributed by atoms with Gasteiger partial charge in [-0.1, -0.05) is 29.8 Å². The summed E-state index contributed by atoms with van der Waals surface area (Å²) in [6.45, 7) is 1.87. The van der Waals surface area contributed by atoms with Gasteiger partial charge in [-0.3, -0.25) is 9.78 Å². The number of anilines is 1. The molecule has 0 spiro atoms. The molecule has 23 heavy (non-hydrogen) atoms. The molecule has 1 aliphatic rings. The summed E-state index contributed by atoms with van der Waals surface area (Å²) in [5.41, 5.74) is 1.61. The van der Waals surface area contributed by atoms with Crippen LogP contribution >= 0.6 is 11.6 Å². The van der Waals surface area contributed by atoms with Crippen LogP contribution in [0.25, 0.3) is 0 Å². The predicted molar refractivity (Wildman–Crippen MR) is 93.0 cm³/mol. The molecule has 0 radical (unpaired) electrons. The Morgan fingerprint density at radius 1 is 1.30 bits per heavy atom. The molecule has 2 aromatic rings. The Kier molecular flexibility index (Phi) is 4.82. The first-order valence-electron chi connectivity index (χ1n) is 7.84. The maximum Gasteiger partial charge on any atom is 0.272 e. The molecule has 120 valence electrons. The lowest BCUT2D eigenvalue weighted by molar-refractivity contribution is 0.0711. The summed E-state index contributed by atoms with van der Waals surface area (Å²) in [6, 6.07) is 13.8. The van der Waals surface area contributed by atoms with Crippen molar-refractivity contribution in [2.24, 2.45) is 0 Å². The van der Waals surface area contributed by atoms with Crippen molar-refractivity contribution in [2.75, 3.05) is 25.0 Å². The van der Waals surface area contributed by atoms with Crippen molar-refractivity contribution in [1.82, 2.24) is 9.88 Å². The van der Waals surface area contributed by atoms with E-state index in [1.54, 1.807) is 23.2 Å². The first kappa shape index (κ1) is 15.8. The van der Waals surface area contributed by atoms with Crippen LogP contribution < -0.4 is 4.90 Å². The van der Waals surface area contributed by atoms with Gasteiger partial charge in [0.2, 0.25) is 0 Å². The number of hydrogen-bond donors (Lipinski definition) is 0. The molecule has 0 bridgehead atoms. The zero-order valence-corrected chi connectivity index (χ0v) is 13.9. The molecule has 1 atom stereocenters. The third-order valence-electron chi connectivity index (χ3n) is 4.33. The Hall–Kier alpha value is -2.07. The van der Waals surface area contributed by atoms with Gasteiger partial charge < -0.3 is 9.80 Å². The summed E-state index contributed by atoms with van der Waals surface area (Å²) < 4.78 is 0. The molecule has 4 nitrogen and oxygen atoms in total. The Labute approximate surface area is 141 Å². The van der Waals surface area contributed by atoms with Gasteiger partial charge in [0.25, 0.3) is 5.91 Å². The van der Waals surface area contributed by atoms with Crippen molar-refractivity contribution in [1.29, 1.82) is 0 Å². The molecule has 1 aromatic heterocycles. The first-order valence-corrected chi connectivity index (χ1v) is 8.21. The van der Waals surface area contributed by atoms with E-state index in [-0.39, 0.29) is 11.9 Å². The van der Waals surface area contributed by atoms with E-state index in [4.69, 9.17) is 11.6 Å². The van der Waals surface area contributed by atoms with Crippen LogP contribution in [0.2, 0.25) is 5.02 Å². The SMILES string of the molecule is CN(C(=O)c1cc(Cl)ccn1)[C@@H]1CCCN(c2ccccc2)C1. The van der Waals surface area contributed by atoms with Crippen LogP contribution in [0.3, 0.4) is 0 Å². The maximum atomic E-state index is 12.6. The van der Waals surface area contributed by atoms with Gasteiger partial charge in [-0.2, -0.15) is 0 Å². The van der Waals surface area contributed by atoms with Crippen LogP contribution in [-0.2, 0) is 0 Å². The van der Waals surface area contributed by atoms with E-state index in [9.17, 15) is 4.79 Å². The zero-order chi connectivity index (χ0) is 16.2. The number of carbonyl (C=O) groups is 1. The quantitative estimate of drug-likeness (QED) is 0.865. The smallest absolute Gasteiger partial charge is 0.272 e. The number of aromatic nitrogens is 1. The highest BCUT2D eigenvalue weighted by Crippen LogP contribution is 2.22. The topological polar surface area (TPSA) is 36.4 Å². The Morgan fingerprint density at radius 3 is 2.83 bits per heavy atom. The number of likely N-dealkylation sites (N-methyl/N-ethyl adjacent to an activating group) is 1. The number of pyridine rings is 1. The molecular formula is C18H20ClN3O. The van der Waals surface area contributed by atoms with E-state index >= 15 is 0 Å². The number of rotatable bonds is 3. The van der Waals surface area contributed by atoms with E-state index in [1.165, 1.54) is 5.69 Å². The standard InChI is InChI=1S/C18H20ClN3O/c1-21(18(23)17-12-14(19)9-10-20-17)16-8-5-11-22(13-16)15-6-3-2-4-7-15/h2-4,6-7,9-10,12,16H,5,8,11,13H2,1H3/t16-/m1/s1. The number of halogens is 1. The normalized spacial score (nSPS) is 17.8. The highest BCUT2D eigenvalue weighted by atomic mass is 35.5. The van der Waals surface area contributed by atoms with E-state index in [1.807, 2.05) is 25.2 Å². The predicted octanol–water partition coefficient (Wildman–Crippen LogP) is 3.48. The molecule has 1 amide bonds. The van der Waals surface area contributed by atoms with Gasteiger partial charge in [-0.15, -0.1) is 0 Å². The van der Waals surface area contributed by atoms with Crippen LogP contribution in [-0.4, -0.2) is 42.0 Å². The average molecular weight is 330 g/mol. The molecule has 1 fully saturated rings. The van der Waals surface area contributed by atoms with E-state index in [0.717, 1.165) is 25.9 Å². The van der Waals surface area contributed by atoms with Crippen LogP contribution in [0.1, 0.15) is 23.3 Å². The third kappa shape index (κ3) is 3.64. The lowest BCUT2D eigenvalue weighted by Gasteiger charge is -2.38. The highest BCUT2D eigenvalue weighted by molar-refractivity contribution is 6.30. The van der Waals surface area contributed by atoms with Gasteiger partial charge in [0.1, 0.15) is 5.69 Å². The third-order valence-corrected chi connectivity index (χ3v) is 4.56. The van der Waals surface area contributed by atoms with E-state index in [0.29, 0.717) is 10.7 Å². The van der Waals surface area contributed by atoms with Crippen molar-refractivity contribution in [3.63, 3.8) is 0 Å². The molecule has 1 aromatic carbocycles. The minimum atomic E-state index is -0.0765. The summed E-state index contributed by atoms with van der Waals surface area (Å²) >= 11 is 5.96. The van der Waals surface area contributed by atoms with Crippen molar-refractivity contribution in [3.05, 3.63) is 59.4 Å². The zero-order valence-electron chi connectivity index (χ0n) is 13.2. The van der Waals surface area contributed by atoms with Crippen LogP contribution in [0.4, 0.5) is 5.69 Å². The van der Waals surface area contributed by atoms with Gasteiger partial charge in [0, 0.05) is 43.1 Å². The van der Waals surface area contributed by atoms with Crippen molar-refractivity contribution >= 4 is 23.2 Å². The Morgan fingerprint density at radius 2 is 2.09 bits per heavy atom. The second-order valence-electron chi connectivity index (χ2n) is 5.85. The number of amides is 1. The van der Waals surface area contributed by atoms with E-state index < -0.39 is 0 Å². The first-order chi connectivity index (χ1) is 11.1. The second kappa shape index (κ2) is 7.01. The van der Waals surface area contributed by atoms with Gasteiger partial charge in [-0.05, 0) is 37.1 Å². The van der Waals surface area contributed by atoms with Crippen LogP contribution in [0.5, 0.6) is 0 Å². The van der Waals surface area contributed by atoms with Gasteiger partial charge in [0.05, 0.1) is 0 Å². The fraction of sp³-hybridized carbons (Fsp3) is 0.333. The van der Waals surface area contributed by atoms with Crippen LogP contribution in [0, 0.1) is 0 Å².